The molecular formula is C14H25NO3. The van der Waals surface area contributed by atoms with E-state index in [2.05, 4.69) is 5.32 Å². The Morgan fingerprint density at radius 1 is 1.39 bits per heavy atom. The summed E-state index contributed by atoms with van der Waals surface area (Å²) >= 11 is 0. The fraction of sp³-hybridized carbons (Fsp3) is 0.857. The first kappa shape index (κ1) is 15.0. The topological polar surface area (TPSA) is 55.4 Å². The van der Waals surface area contributed by atoms with Crippen molar-refractivity contribution in [1.29, 1.82) is 0 Å². The smallest absolute Gasteiger partial charge is 0.407 e. The molecule has 0 radical (unpaired) electrons. The van der Waals surface area contributed by atoms with Gasteiger partial charge < -0.3 is 10.1 Å². The van der Waals surface area contributed by atoms with E-state index in [-0.39, 0.29) is 11.8 Å². The number of alkyl carbamates (subject to hydrolysis) is 1. The number of ketones is 1. The summed E-state index contributed by atoms with van der Waals surface area (Å²) in [5, 5.41) is 2.73. The van der Waals surface area contributed by atoms with Crippen LogP contribution in [0.25, 0.3) is 0 Å². The van der Waals surface area contributed by atoms with Crippen molar-refractivity contribution >= 4 is 11.9 Å². The van der Waals surface area contributed by atoms with Gasteiger partial charge >= 0.3 is 6.09 Å². The Bertz CT molecular complexity index is 319. The zero-order valence-corrected chi connectivity index (χ0v) is 12.1. The molecule has 1 aliphatic rings. The van der Waals surface area contributed by atoms with E-state index in [1.165, 1.54) is 0 Å². The maximum atomic E-state index is 11.9. The Morgan fingerprint density at radius 3 is 2.50 bits per heavy atom. The van der Waals surface area contributed by atoms with Crippen molar-refractivity contribution in [3.8, 4) is 0 Å². The molecule has 1 aliphatic carbocycles. The number of carbonyl (C=O) groups excluding carboxylic acids is 2. The van der Waals surface area contributed by atoms with Crippen molar-refractivity contribution in [2.75, 3.05) is 6.54 Å². The number of amides is 1. The average molecular weight is 255 g/mol. The van der Waals surface area contributed by atoms with E-state index in [1.807, 2.05) is 34.6 Å². The van der Waals surface area contributed by atoms with E-state index in [9.17, 15) is 9.59 Å². The van der Waals surface area contributed by atoms with Gasteiger partial charge in [0.25, 0.3) is 0 Å². The number of nitrogens with one attached hydrogen (secondary N) is 1. The van der Waals surface area contributed by atoms with Crippen molar-refractivity contribution < 1.29 is 14.3 Å². The van der Waals surface area contributed by atoms with Gasteiger partial charge in [0.05, 0.1) is 0 Å². The minimum absolute atomic E-state index is 0.140. The van der Waals surface area contributed by atoms with Crippen molar-refractivity contribution in [3.05, 3.63) is 0 Å². The van der Waals surface area contributed by atoms with Crippen LogP contribution in [0.15, 0.2) is 0 Å². The van der Waals surface area contributed by atoms with Crippen molar-refractivity contribution in [2.24, 2.45) is 17.8 Å². The predicted molar refractivity (Wildman–Crippen MR) is 70.3 cm³/mol. The van der Waals surface area contributed by atoms with Crippen molar-refractivity contribution in [2.45, 2.75) is 53.1 Å². The maximum Gasteiger partial charge on any atom is 0.407 e. The lowest BCUT2D eigenvalue weighted by Crippen LogP contribution is -2.34. The normalized spacial score (nSPS) is 24.3. The second-order valence-corrected chi connectivity index (χ2v) is 6.20. The van der Waals surface area contributed by atoms with E-state index < -0.39 is 11.7 Å². The number of rotatable bonds is 5. The van der Waals surface area contributed by atoms with Crippen LogP contribution in [0, 0.1) is 17.8 Å². The van der Waals surface area contributed by atoms with E-state index >= 15 is 0 Å². The largest absolute Gasteiger partial charge is 0.444 e. The Balaban J connectivity index is 2.24. The Morgan fingerprint density at radius 2 is 2.00 bits per heavy atom. The molecule has 4 heteroatoms. The van der Waals surface area contributed by atoms with Crippen LogP contribution in [-0.4, -0.2) is 24.0 Å². The first-order valence-corrected chi connectivity index (χ1v) is 6.75. The summed E-state index contributed by atoms with van der Waals surface area (Å²) in [6.45, 7) is 10.0. The van der Waals surface area contributed by atoms with Gasteiger partial charge in [-0.2, -0.15) is 0 Å². The Kier molecular flexibility index (Phi) is 4.77. The molecule has 104 valence electrons. The molecule has 1 unspecified atom stereocenters. The summed E-state index contributed by atoms with van der Waals surface area (Å²) in [6.07, 6.45) is 1.39. The molecule has 0 aromatic heterocycles. The summed E-state index contributed by atoms with van der Waals surface area (Å²) < 4.78 is 5.15. The first-order valence-electron chi connectivity index (χ1n) is 6.75. The summed E-state index contributed by atoms with van der Waals surface area (Å²) in [4.78, 5) is 23.3. The second-order valence-electron chi connectivity index (χ2n) is 6.20. The van der Waals surface area contributed by atoms with Gasteiger partial charge in [-0.15, -0.1) is 0 Å². The monoisotopic (exact) mass is 255 g/mol. The van der Waals surface area contributed by atoms with Gasteiger partial charge in [-0.1, -0.05) is 13.8 Å². The molecule has 18 heavy (non-hydrogen) atoms. The number of Topliss-reactive ketones (excluding diaryl/α,β-unsaturated/α-hetero) is 1. The standard InChI is InChI=1S/C14H25NO3/c1-6-9(2)12(16)11-7-10(11)8-15-13(17)18-14(3,4)5/h9-11H,6-8H2,1-5H3,(H,15,17)/t9?,10-,11-/m1/s1. The lowest BCUT2D eigenvalue weighted by atomic mass is 9.99. The van der Waals surface area contributed by atoms with Crippen molar-refractivity contribution in [3.63, 3.8) is 0 Å². The Labute approximate surface area is 109 Å². The summed E-state index contributed by atoms with van der Waals surface area (Å²) in [7, 11) is 0. The average Bonchev–Trinajstić information content (AvgIpc) is 3.01. The van der Waals surface area contributed by atoms with Gasteiger partial charge in [0.15, 0.2) is 0 Å². The molecule has 1 N–H and O–H groups in total. The van der Waals surface area contributed by atoms with Crippen LogP contribution in [0.2, 0.25) is 0 Å². The van der Waals surface area contributed by atoms with Gasteiger partial charge in [-0.3, -0.25) is 4.79 Å². The zero-order valence-electron chi connectivity index (χ0n) is 12.1. The molecule has 3 atom stereocenters. The van der Waals surface area contributed by atoms with Crippen LogP contribution in [-0.2, 0) is 9.53 Å². The zero-order chi connectivity index (χ0) is 13.9. The molecule has 1 rings (SSSR count). The quantitative estimate of drug-likeness (QED) is 0.821. The van der Waals surface area contributed by atoms with Crippen LogP contribution in [0.5, 0.6) is 0 Å². The number of hydrogen-bond donors (Lipinski definition) is 1. The highest BCUT2D eigenvalue weighted by Gasteiger charge is 2.43. The molecule has 1 fully saturated rings. The van der Waals surface area contributed by atoms with Gasteiger partial charge in [-0.05, 0) is 39.5 Å². The molecule has 0 aromatic rings. The molecule has 0 heterocycles. The minimum atomic E-state index is -0.473. The van der Waals surface area contributed by atoms with E-state index in [0.717, 1.165) is 12.8 Å². The van der Waals surface area contributed by atoms with E-state index in [0.29, 0.717) is 18.2 Å². The van der Waals surface area contributed by atoms with Gasteiger partial charge in [0.1, 0.15) is 11.4 Å². The molecule has 1 amide bonds. The molecule has 1 saturated carbocycles. The number of hydrogen-bond acceptors (Lipinski definition) is 3. The van der Waals surface area contributed by atoms with E-state index in [1.54, 1.807) is 0 Å². The Hall–Kier alpha value is -1.06. The van der Waals surface area contributed by atoms with Crippen LogP contribution in [0.1, 0.15) is 47.5 Å². The third-order valence-electron chi connectivity index (χ3n) is 3.29. The number of ether oxygens (including phenoxy) is 1. The lowest BCUT2D eigenvalue weighted by molar-refractivity contribution is -0.124. The van der Waals surface area contributed by atoms with Crippen LogP contribution < -0.4 is 5.32 Å². The summed E-state index contributed by atoms with van der Waals surface area (Å²) in [5.74, 6) is 0.934. The fourth-order valence-electron chi connectivity index (χ4n) is 1.92. The highest BCUT2D eigenvalue weighted by Crippen LogP contribution is 2.40. The van der Waals surface area contributed by atoms with Gasteiger partial charge in [0.2, 0.25) is 0 Å². The second kappa shape index (κ2) is 5.72. The summed E-state index contributed by atoms with van der Waals surface area (Å²) in [5.41, 5.74) is -0.473. The lowest BCUT2D eigenvalue weighted by Gasteiger charge is -2.19. The third kappa shape index (κ3) is 4.67. The van der Waals surface area contributed by atoms with Crippen LogP contribution in [0.4, 0.5) is 4.79 Å². The van der Waals surface area contributed by atoms with Crippen LogP contribution in [0.3, 0.4) is 0 Å². The fourth-order valence-corrected chi connectivity index (χ4v) is 1.92. The van der Waals surface area contributed by atoms with Crippen LogP contribution >= 0.6 is 0 Å². The molecule has 0 bridgehead atoms. The summed E-state index contributed by atoms with van der Waals surface area (Å²) in [6, 6.07) is 0. The highest BCUT2D eigenvalue weighted by atomic mass is 16.6. The van der Waals surface area contributed by atoms with Gasteiger partial charge in [0, 0.05) is 18.4 Å². The van der Waals surface area contributed by atoms with E-state index in [4.69, 9.17) is 4.74 Å². The first-order chi connectivity index (χ1) is 8.24. The molecule has 0 spiro atoms. The molecule has 4 nitrogen and oxygen atoms in total. The molecule has 0 saturated heterocycles. The van der Waals surface area contributed by atoms with Gasteiger partial charge in [-0.25, -0.2) is 4.79 Å². The van der Waals surface area contributed by atoms with Crippen molar-refractivity contribution in [1.82, 2.24) is 5.32 Å². The highest BCUT2D eigenvalue weighted by molar-refractivity contribution is 5.85. The number of carbonyl (C=O) groups is 2. The predicted octanol–water partition coefficient (Wildman–Crippen LogP) is 2.76. The minimum Gasteiger partial charge on any atom is -0.444 e. The third-order valence-corrected chi connectivity index (χ3v) is 3.29. The molecule has 0 aromatic carbocycles. The molecule has 0 aliphatic heterocycles. The SMILES string of the molecule is CCC(C)C(=O)[C@@H]1C[C@@H]1CNC(=O)OC(C)(C)C. The molecular weight excluding hydrogens is 230 g/mol. The maximum absolute atomic E-state index is 11.9.